The number of carboxylic acids is 1. The van der Waals surface area contributed by atoms with Crippen molar-refractivity contribution in [2.24, 2.45) is 0 Å². The van der Waals surface area contributed by atoms with E-state index in [9.17, 15) is 9.59 Å². The Morgan fingerprint density at radius 3 is 2.87 bits per heavy atom. The highest BCUT2D eigenvalue weighted by Gasteiger charge is 2.21. The quantitative estimate of drug-likeness (QED) is 0.793. The highest BCUT2D eigenvalue weighted by Crippen LogP contribution is 2.30. The van der Waals surface area contributed by atoms with Crippen LogP contribution >= 0.6 is 0 Å². The Hall–Kier alpha value is -3.10. The number of para-hydroxylation sites is 2. The lowest BCUT2D eigenvalue weighted by Crippen LogP contribution is -2.41. The second kappa shape index (κ2) is 6.34. The lowest BCUT2D eigenvalue weighted by atomic mass is 10.2. The molecule has 0 radical (unpaired) electrons. The minimum absolute atomic E-state index is 0.121. The van der Waals surface area contributed by atoms with Crippen molar-refractivity contribution in [3.63, 3.8) is 0 Å². The molecule has 1 atom stereocenters. The molecule has 2 N–H and O–H groups in total. The van der Waals surface area contributed by atoms with Crippen LogP contribution < -0.4 is 14.8 Å². The van der Waals surface area contributed by atoms with Crippen molar-refractivity contribution in [3.8, 4) is 11.5 Å². The van der Waals surface area contributed by atoms with Crippen LogP contribution in [0.25, 0.3) is 0 Å². The van der Waals surface area contributed by atoms with Crippen LogP contribution in [0.2, 0.25) is 0 Å². The number of nitrogens with zero attached hydrogens (tertiary/aromatic N) is 3. The summed E-state index contributed by atoms with van der Waals surface area (Å²) in [5.74, 6) is -0.198. The van der Waals surface area contributed by atoms with Gasteiger partial charge in [-0.2, -0.15) is 0 Å². The molecule has 1 aliphatic heterocycles. The van der Waals surface area contributed by atoms with Gasteiger partial charge in [-0.1, -0.05) is 17.3 Å². The first kappa shape index (κ1) is 14.8. The Kier molecular flexibility index (Phi) is 4.09. The first-order valence-corrected chi connectivity index (χ1v) is 6.90. The molecule has 9 nitrogen and oxygen atoms in total. The van der Waals surface area contributed by atoms with Crippen LogP contribution in [0.4, 0.5) is 0 Å². The first-order chi connectivity index (χ1) is 11.1. The highest BCUT2D eigenvalue weighted by molar-refractivity contribution is 5.84. The predicted octanol–water partition coefficient (Wildman–Crippen LogP) is -0.0675. The number of carboxylic acid groups (broad SMARTS) is 1. The van der Waals surface area contributed by atoms with E-state index in [2.05, 4.69) is 15.6 Å². The van der Waals surface area contributed by atoms with Crippen LogP contribution in [0.3, 0.4) is 0 Å². The molecule has 0 fully saturated rings. The van der Waals surface area contributed by atoms with Crippen LogP contribution in [0.1, 0.15) is 10.5 Å². The van der Waals surface area contributed by atoms with Crippen LogP contribution in [-0.4, -0.2) is 51.2 Å². The van der Waals surface area contributed by atoms with Crippen molar-refractivity contribution in [3.05, 3.63) is 36.2 Å². The number of nitrogens with one attached hydrogen (secondary N) is 1. The Labute approximate surface area is 130 Å². The lowest BCUT2D eigenvalue weighted by molar-refractivity contribution is -0.122. The summed E-state index contributed by atoms with van der Waals surface area (Å²) in [7, 11) is 0. The van der Waals surface area contributed by atoms with E-state index in [4.69, 9.17) is 14.6 Å². The molecule has 23 heavy (non-hydrogen) atoms. The monoisotopic (exact) mass is 318 g/mol. The Morgan fingerprint density at radius 2 is 2.13 bits per heavy atom. The predicted molar refractivity (Wildman–Crippen MR) is 76.3 cm³/mol. The van der Waals surface area contributed by atoms with Crippen LogP contribution in [0.15, 0.2) is 30.5 Å². The molecule has 2 aromatic rings. The molecule has 1 aromatic heterocycles. The number of aromatic carboxylic acids is 1. The molecule has 1 unspecified atom stereocenters. The molecule has 1 amide bonds. The summed E-state index contributed by atoms with van der Waals surface area (Å²) in [6.45, 7) is 0.488. The minimum Gasteiger partial charge on any atom is -0.486 e. The molecule has 2 heterocycles. The van der Waals surface area contributed by atoms with Gasteiger partial charge in [0.1, 0.15) is 19.3 Å². The van der Waals surface area contributed by atoms with Crippen molar-refractivity contribution in [1.29, 1.82) is 0 Å². The summed E-state index contributed by atoms with van der Waals surface area (Å²) in [5, 5.41) is 18.4. The number of aromatic nitrogens is 3. The van der Waals surface area contributed by atoms with Crippen LogP contribution in [-0.2, 0) is 11.3 Å². The van der Waals surface area contributed by atoms with E-state index >= 15 is 0 Å². The number of hydrogen-bond acceptors (Lipinski definition) is 6. The van der Waals surface area contributed by atoms with E-state index in [-0.39, 0.29) is 30.8 Å². The topological polar surface area (TPSA) is 116 Å². The van der Waals surface area contributed by atoms with E-state index in [0.29, 0.717) is 18.1 Å². The Balaban J connectivity index is 1.49. The maximum Gasteiger partial charge on any atom is 0.358 e. The van der Waals surface area contributed by atoms with Gasteiger partial charge in [0.2, 0.25) is 5.91 Å². The number of fused-ring (bicyclic) bond motifs is 1. The van der Waals surface area contributed by atoms with Crippen molar-refractivity contribution in [2.75, 3.05) is 13.2 Å². The SMILES string of the molecule is O=C(Cn1cc(C(=O)O)nn1)NCC1COc2ccccc2O1. The maximum atomic E-state index is 11.8. The molecule has 0 saturated carbocycles. The molecule has 0 aliphatic carbocycles. The third-order valence-corrected chi connectivity index (χ3v) is 3.16. The van der Waals surface area contributed by atoms with Gasteiger partial charge in [0, 0.05) is 0 Å². The number of amides is 1. The summed E-state index contributed by atoms with van der Waals surface area (Å²) in [6.07, 6.45) is 0.900. The van der Waals surface area contributed by atoms with Gasteiger partial charge in [-0.15, -0.1) is 5.10 Å². The number of carbonyl (C=O) groups is 2. The molecule has 1 aliphatic rings. The molecule has 9 heteroatoms. The Morgan fingerprint density at radius 1 is 1.35 bits per heavy atom. The fourth-order valence-corrected chi connectivity index (χ4v) is 2.07. The average Bonchev–Trinajstić information content (AvgIpc) is 3.01. The van der Waals surface area contributed by atoms with Gasteiger partial charge < -0.3 is 19.9 Å². The summed E-state index contributed by atoms with van der Waals surface area (Å²) in [6, 6.07) is 7.31. The zero-order valence-corrected chi connectivity index (χ0v) is 12.0. The van der Waals surface area contributed by atoms with Crippen molar-refractivity contribution >= 4 is 11.9 Å². The normalized spacial score (nSPS) is 15.9. The van der Waals surface area contributed by atoms with E-state index in [1.807, 2.05) is 18.2 Å². The summed E-state index contributed by atoms with van der Waals surface area (Å²) >= 11 is 0. The highest BCUT2D eigenvalue weighted by atomic mass is 16.6. The summed E-state index contributed by atoms with van der Waals surface area (Å²) in [4.78, 5) is 22.5. The molecule has 120 valence electrons. The van der Waals surface area contributed by atoms with E-state index in [1.165, 1.54) is 6.20 Å². The van der Waals surface area contributed by atoms with Gasteiger partial charge in [-0.3, -0.25) is 4.79 Å². The Bertz CT molecular complexity index is 729. The number of rotatable bonds is 5. The zero-order valence-electron chi connectivity index (χ0n) is 12.0. The molecule has 0 spiro atoms. The van der Waals surface area contributed by atoms with E-state index in [0.717, 1.165) is 4.68 Å². The minimum atomic E-state index is -1.19. The first-order valence-electron chi connectivity index (χ1n) is 6.90. The summed E-state index contributed by atoms with van der Waals surface area (Å²) < 4.78 is 12.4. The number of benzene rings is 1. The molecule has 0 saturated heterocycles. The number of carbonyl (C=O) groups excluding carboxylic acids is 1. The van der Waals surface area contributed by atoms with Crippen LogP contribution in [0.5, 0.6) is 11.5 Å². The van der Waals surface area contributed by atoms with Crippen molar-refractivity contribution in [1.82, 2.24) is 20.3 Å². The maximum absolute atomic E-state index is 11.8. The fraction of sp³-hybridized carbons (Fsp3) is 0.286. The summed E-state index contributed by atoms with van der Waals surface area (Å²) in [5.41, 5.74) is -0.210. The van der Waals surface area contributed by atoms with E-state index < -0.39 is 5.97 Å². The largest absolute Gasteiger partial charge is 0.486 e. The molecule has 0 bridgehead atoms. The number of hydrogen-bond donors (Lipinski definition) is 2. The van der Waals surface area contributed by atoms with Gasteiger partial charge in [0.15, 0.2) is 17.2 Å². The standard InChI is InChI=1S/C14H14N4O5/c19-13(7-18-6-10(14(20)21)16-17-18)15-5-9-8-22-11-3-1-2-4-12(11)23-9/h1-4,6,9H,5,7-8H2,(H,15,19)(H,20,21). The van der Waals surface area contributed by atoms with Crippen molar-refractivity contribution in [2.45, 2.75) is 12.6 Å². The van der Waals surface area contributed by atoms with Crippen molar-refractivity contribution < 1.29 is 24.2 Å². The zero-order chi connectivity index (χ0) is 16.2. The number of ether oxygens (including phenoxy) is 2. The van der Waals surface area contributed by atoms with Gasteiger partial charge in [0.05, 0.1) is 12.7 Å². The molecular weight excluding hydrogens is 304 g/mol. The lowest BCUT2D eigenvalue weighted by Gasteiger charge is -2.26. The van der Waals surface area contributed by atoms with Crippen LogP contribution in [0, 0.1) is 0 Å². The van der Waals surface area contributed by atoms with Gasteiger partial charge in [-0.25, -0.2) is 9.48 Å². The average molecular weight is 318 g/mol. The third kappa shape index (κ3) is 3.57. The van der Waals surface area contributed by atoms with Gasteiger partial charge >= 0.3 is 5.97 Å². The molecular formula is C14H14N4O5. The van der Waals surface area contributed by atoms with E-state index in [1.54, 1.807) is 6.07 Å². The molecule has 3 rings (SSSR count). The fourth-order valence-electron chi connectivity index (χ4n) is 2.07. The third-order valence-electron chi connectivity index (χ3n) is 3.16. The smallest absolute Gasteiger partial charge is 0.358 e. The second-order valence-electron chi connectivity index (χ2n) is 4.91. The van der Waals surface area contributed by atoms with Gasteiger partial charge in [-0.05, 0) is 12.1 Å². The van der Waals surface area contributed by atoms with Gasteiger partial charge in [0.25, 0.3) is 0 Å². The second-order valence-corrected chi connectivity index (χ2v) is 4.91. The molecule has 1 aromatic carbocycles.